The molecule has 3 N–H and O–H groups in total. The molecule has 5 atom stereocenters. The van der Waals surface area contributed by atoms with E-state index >= 15 is 0 Å². The highest BCUT2D eigenvalue weighted by atomic mass is 35.5. The average molecular weight is 670 g/mol. The smallest absolute Gasteiger partial charge is 0.413 e. The molecule has 11 nitrogen and oxygen atoms in total. The number of amides is 3. The highest BCUT2D eigenvalue weighted by Crippen LogP contribution is 2.36. The maximum Gasteiger partial charge on any atom is 0.413 e. The van der Waals surface area contributed by atoms with E-state index in [9.17, 15) is 14.4 Å². The van der Waals surface area contributed by atoms with Crippen LogP contribution in [0.3, 0.4) is 0 Å². The molecule has 0 aliphatic carbocycles. The van der Waals surface area contributed by atoms with Crippen LogP contribution in [0.15, 0.2) is 18.2 Å². The number of methoxy groups -OCH3 is 2. The molecule has 1 fully saturated rings. The number of hydrogen-bond donors (Lipinski definition) is 2. The van der Waals surface area contributed by atoms with Gasteiger partial charge in [0.05, 0.1) is 31.3 Å². The minimum Gasteiger partial charge on any atom is -0.493 e. The Morgan fingerprint density at radius 3 is 2.33 bits per heavy atom. The second-order valence-corrected chi connectivity index (χ2v) is 14.1. The second-order valence-electron chi connectivity index (χ2n) is 13.5. The molecule has 0 aromatic heterocycles. The maximum atomic E-state index is 13.4. The molecular weight excluding hydrogens is 614 g/mol. The number of primary amides is 1. The summed E-state index contributed by atoms with van der Waals surface area (Å²) in [5.41, 5.74) is 4.90. The van der Waals surface area contributed by atoms with Crippen LogP contribution in [0.1, 0.15) is 73.3 Å². The zero-order chi connectivity index (χ0) is 34.6. The Balaban J connectivity index is 2.32. The van der Waals surface area contributed by atoms with Gasteiger partial charge in [0.15, 0.2) is 17.1 Å². The molecule has 0 bridgehead atoms. The summed E-state index contributed by atoms with van der Waals surface area (Å²) in [6, 6.07) is 5.61. The fourth-order valence-corrected chi connectivity index (χ4v) is 5.57. The van der Waals surface area contributed by atoms with Gasteiger partial charge in [0.2, 0.25) is 11.8 Å². The number of nitrogens with zero attached hydrogens (tertiary/aromatic N) is 1. The third-order valence-corrected chi connectivity index (χ3v) is 8.81. The van der Waals surface area contributed by atoms with Crippen LogP contribution in [0.5, 0.6) is 11.5 Å². The molecule has 262 valence electrons. The largest absolute Gasteiger partial charge is 0.493 e. The van der Waals surface area contributed by atoms with Gasteiger partial charge in [-0.3, -0.25) is 14.5 Å². The Kier molecular flexibility index (Phi) is 15.9. The van der Waals surface area contributed by atoms with Crippen molar-refractivity contribution >= 4 is 29.5 Å². The van der Waals surface area contributed by atoms with E-state index in [1.165, 1.54) is 0 Å². The first-order chi connectivity index (χ1) is 21.6. The first-order valence-electron chi connectivity index (χ1n) is 16.2. The Morgan fingerprint density at radius 1 is 1.07 bits per heavy atom. The van der Waals surface area contributed by atoms with Crippen LogP contribution in [0, 0.1) is 29.1 Å². The van der Waals surface area contributed by atoms with E-state index in [1.807, 2.05) is 32.0 Å². The number of nitrogens with one attached hydrogen (secondary N) is 1. The number of alkyl halides is 1. The molecule has 1 aromatic rings. The number of hydrogen-bond acceptors (Lipinski definition) is 8. The van der Waals surface area contributed by atoms with Crippen molar-refractivity contribution in [2.75, 3.05) is 40.7 Å². The normalized spacial score (nSPS) is 18.7. The van der Waals surface area contributed by atoms with Crippen molar-refractivity contribution < 1.29 is 38.1 Å². The van der Waals surface area contributed by atoms with Gasteiger partial charge in [0, 0.05) is 32.6 Å². The van der Waals surface area contributed by atoms with Crippen LogP contribution in [-0.4, -0.2) is 81.2 Å². The predicted molar refractivity (Wildman–Crippen MR) is 178 cm³/mol. The Hall–Kier alpha value is -2.76. The van der Waals surface area contributed by atoms with Crippen LogP contribution >= 0.6 is 11.6 Å². The zero-order valence-corrected chi connectivity index (χ0v) is 29.9. The molecule has 1 aliphatic heterocycles. The van der Waals surface area contributed by atoms with Gasteiger partial charge < -0.3 is 34.7 Å². The average Bonchev–Trinajstić information content (AvgIpc) is 3.38. The van der Waals surface area contributed by atoms with Crippen LogP contribution in [-0.2, 0) is 30.2 Å². The van der Waals surface area contributed by atoms with Crippen molar-refractivity contribution in [3.05, 3.63) is 23.8 Å². The van der Waals surface area contributed by atoms with Crippen LogP contribution in [0.2, 0.25) is 0 Å². The topological polar surface area (TPSA) is 139 Å². The molecule has 0 saturated carbocycles. The van der Waals surface area contributed by atoms with Gasteiger partial charge in [0.25, 0.3) is 0 Å². The van der Waals surface area contributed by atoms with E-state index in [0.29, 0.717) is 37.6 Å². The summed E-state index contributed by atoms with van der Waals surface area (Å²) in [6.45, 7) is 14.5. The zero-order valence-electron chi connectivity index (χ0n) is 29.1. The number of benzene rings is 1. The number of carbonyl (C=O) groups excluding carboxylic acids is 3. The highest BCUT2D eigenvalue weighted by molar-refractivity contribution is 6.19. The van der Waals surface area contributed by atoms with Crippen LogP contribution in [0.4, 0.5) is 4.79 Å². The van der Waals surface area contributed by atoms with Crippen molar-refractivity contribution in [3.63, 3.8) is 0 Å². The summed E-state index contributed by atoms with van der Waals surface area (Å²) in [5.74, 6) is 0.633. The van der Waals surface area contributed by atoms with Crippen LogP contribution in [0.25, 0.3) is 0 Å². The molecule has 1 heterocycles. The van der Waals surface area contributed by atoms with Gasteiger partial charge >= 0.3 is 6.09 Å². The third kappa shape index (κ3) is 11.8. The van der Waals surface area contributed by atoms with E-state index in [1.54, 1.807) is 39.9 Å². The minimum atomic E-state index is -0.886. The van der Waals surface area contributed by atoms with E-state index in [2.05, 4.69) is 19.2 Å². The number of carbonyl (C=O) groups is 3. The molecule has 46 heavy (non-hydrogen) atoms. The quantitative estimate of drug-likeness (QED) is 0.148. The number of halogens is 1. The molecule has 3 amide bonds. The SMILES string of the molecule is COCCCOc1cc(C[C@@H](C[C@H]2[C@H](C[C@H](C(=O)NCC(C)(C)C(N)=O)C(C)C)OCN2C(=O)OC(C)Cl)C(C)C)ccc1OC. The van der Waals surface area contributed by atoms with Crippen molar-refractivity contribution in [3.8, 4) is 11.5 Å². The van der Waals surface area contributed by atoms with E-state index in [-0.39, 0.29) is 43.0 Å². The molecule has 2 rings (SSSR count). The summed E-state index contributed by atoms with van der Waals surface area (Å²) >= 11 is 6.03. The maximum absolute atomic E-state index is 13.4. The van der Waals surface area contributed by atoms with Gasteiger partial charge in [-0.25, -0.2) is 4.79 Å². The van der Waals surface area contributed by atoms with Gasteiger partial charge in [-0.2, -0.15) is 0 Å². The lowest BCUT2D eigenvalue weighted by Gasteiger charge is -2.33. The van der Waals surface area contributed by atoms with Gasteiger partial charge in [-0.05, 0) is 75.5 Å². The van der Waals surface area contributed by atoms with Gasteiger partial charge in [0.1, 0.15) is 6.73 Å². The van der Waals surface area contributed by atoms with Gasteiger partial charge in [-0.1, -0.05) is 45.4 Å². The Morgan fingerprint density at radius 2 is 1.76 bits per heavy atom. The van der Waals surface area contributed by atoms with Gasteiger partial charge in [-0.15, -0.1) is 0 Å². The minimum absolute atomic E-state index is 0.0210. The summed E-state index contributed by atoms with van der Waals surface area (Å²) < 4.78 is 28.3. The molecular formula is C34H56ClN3O8. The lowest BCUT2D eigenvalue weighted by atomic mass is 9.80. The molecule has 1 unspecified atom stereocenters. The lowest BCUT2D eigenvalue weighted by molar-refractivity contribution is -0.130. The summed E-state index contributed by atoms with van der Waals surface area (Å²) in [5, 5.41) is 2.92. The second kappa shape index (κ2) is 18.5. The molecule has 12 heteroatoms. The first kappa shape index (κ1) is 39.4. The Bertz CT molecular complexity index is 1130. The fraction of sp³-hybridized carbons (Fsp3) is 0.735. The van der Waals surface area contributed by atoms with E-state index in [4.69, 9.17) is 41.0 Å². The molecule has 0 radical (unpaired) electrons. The van der Waals surface area contributed by atoms with Crippen molar-refractivity contribution in [2.45, 2.75) is 91.9 Å². The van der Waals surface area contributed by atoms with Crippen molar-refractivity contribution in [1.82, 2.24) is 10.2 Å². The first-order valence-corrected chi connectivity index (χ1v) is 16.6. The fourth-order valence-electron chi connectivity index (χ4n) is 5.49. The summed E-state index contributed by atoms with van der Waals surface area (Å²) in [6.07, 6.45) is 1.51. The van der Waals surface area contributed by atoms with Crippen molar-refractivity contribution in [1.29, 1.82) is 0 Å². The molecule has 1 aliphatic rings. The molecule has 1 saturated heterocycles. The third-order valence-electron chi connectivity index (χ3n) is 8.72. The number of rotatable bonds is 19. The molecule has 1 aromatic carbocycles. The molecule has 0 spiro atoms. The van der Waals surface area contributed by atoms with Crippen LogP contribution < -0.4 is 20.5 Å². The lowest BCUT2D eigenvalue weighted by Crippen LogP contribution is -2.47. The number of nitrogens with two attached hydrogens (primary N) is 1. The van der Waals surface area contributed by atoms with E-state index < -0.39 is 35.0 Å². The van der Waals surface area contributed by atoms with E-state index in [0.717, 1.165) is 18.4 Å². The monoisotopic (exact) mass is 669 g/mol. The number of ether oxygens (including phenoxy) is 5. The summed E-state index contributed by atoms with van der Waals surface area (Å²) in [7, 11) is 3.28. The summed E-state index contributed by atoms with van der Waals surface area (Å²) in [4.78, 5) is 40.0. The van der Waals surface area contributed by atoms with Crippen molar-refractivity contribution in [2.24, 2.45) is 34.8 Å². The predicted octanol–water partition coefficient (Wildman–Crippen LogP) is 5.35. The standard InChI is InChI=1S/C34H56ClN3O8/c1-21(2)25(15-24-11-12-28(43-9)30(16-24)44-14-10-13-42-8)17-27-29(45-20-38(27)33(41)46-23(5)35)18-26(22(3)4)31(39)37-19-34(6,7)32(36)40/h11-12,16,21-23,25-27,29H,10,13-15,17-20H2,1-9H3,(H2,36,40)(H,37,39)/t23?,25-,26-,27-,29-/m0/s1. The Labute approximate surface area is 280 Å². The highest BCUT2D eigenvalue weighted by Gasteiger charge is 2.43.